The number of hydrogen-bond donors (Lipinski definition) is 0. The highest BCUT2D eigenvalue weighted by molar-refractivity contribution is 7.95. The smallest absolute Gasteiger partial charge is 0.116 e. The molecule has 4 rings (SSSR count). The van der Waals surface area contributed by atoms with Crippen molar-refractivity contribution < 1.29 is 17.0 Å². The summed E-state index contributed by atoms with van der Waals surface area (Å²) < 4.78 is 0. The van der Waals surface area contributed by atoms with Crippen molar-refractivity contribution in [1.82, 2.24) is 0 Å². The monoisotopic (exact) mass is 570 g/mol. The molecule has 0 N–H and O–H groups in total. The Morgan fingerprint density at radius 3 is 1.54 bits per heavy atom. The Morgan fingerprint density at radius 2 is 1.00 bits per heavy atom. The van der Waals surface area contributed by atoms with E-state index in [-0.39, 0.29) is 17.0 Å². The maximum Gasteiger partial charge on any atom is 0.116 e. The maximum absolute atomic E-state index is 2.40. The molecule has 0 atom stereocenters. The molecule has 0 unspecified atom stereocenters. The number of halogens is 1. The molecule has 0 aromatic heterocycles. The van der Waals surface area contributed by atoms with Crippen LogP contribution >= 0.6 is 7.26 Å². The van der Waals surface area contributed by atoms with Crippen molar-refractivity contribution in [3.8, 4) is 0 Å². The lowest BCUT2D eigenvalue weighted by molar-refractivity contribution is -0.00000717. The van der Waals surface area contributed by atoms with Crippen LogP contribution in [0.15, 0.2) is 121 Å². The van der Waals surface area contributed by atoms with E-state index in [0.717, 1.165) is 12.6 Å². The molecule has 0 nitrogen and oxygen atoms in total. The van der Waals surface area contributed by atoms with Crippen molar-refractivity contribution >= 4 is 29.3 Å². The molecule has 37 heavy (non-hydrogen) atoms. The minimum Gasteiger partial charge on any atom is -1.00 e. The molecule has 0 saturated heterocycles. The first-order valence-electron chi connectivity index (χ1n) is 13.6. The van der Waals surface area contributed by atoms with Gasteiger partial charge >= 0.3 is 0 Å². The molecule has 0 radical (unpaired) electrons. The molecule has 0 fully saturated rings. The first kappa shape index (κ1) is 29.1. The minimum atomic E-state index is -1.90. The first-order chi connectivity index (χ1) is 17.8. The second-order valence-corrected chi connectivity index (χ2v) is 13.1. The van der Waals surface area contributed by atoms with Gasteiger partial charge in [0.05, 0.1) is 6.16 Å². The van der Waals surface area contributed by atoms with Gasteiger partial charge in [0.2, 0.25) is 0 Å². The zero-order valence-corrected chi connectivity index (χ0v) is 24.6. The molecule has 0 saturated carbocycles. The number of rotatable bonds is 13. The van der Waals surface area contributed by atoms with Crippen molar-refractivity contribution in [1.29, 1.82) is 0 Å². The second kappa shape index (κ2) is 15.7. The number of unbranched alkanes of at least 4 members (excludes halogenated alkanes) is 6. The fourth-order valence-corrected chi connectivity index (χ4v) is 9.40. The van der Waals surface area contributed by atoms with Crippen LogP contribution in [0.1, 0.15) is 63.0 Å². The Labute approximate surface area is 236 Å². The lowest BCUT2D eigenvalue weighted by atomic mass is 10.1. The van der Waals surface area contributed by atoms with Crippen LogP contribution in [-0.2, 0) is 6.16 Å². The Kier molecular flexibility index (Phi) is 12.3. The Balaban J connectivity index is 0.00000380. The van der Waals surface area contributed by atoms with Gasteiger partial charge in [-0.15, -0.1) is 0 Å². The van der Waals surface area contributed by atoms with Crippen LogP contribution in [0.5, 0.6) is 0 Å². The Hall–Kier alpha value is -2.47. The molecular formula is C35H40BrP. The topological polar surface area (TPSA) is 0 Å². The van der Waals surface area contributed by atoms with E-state index in [2.05, 4.69) is 134 Å². The summed E-state index contributed by atoms with van der Waals surface area (Å²) in [5.74, 6) is 0. The van der Waals surface area contributed by atoms with Crippen molar-refractivity contribution in [2.75, 3.05) is 0 Å². The quantitative estimate of drug-likeness (QED) is 0.138. The highest BCUT2D eigenvalue weighted by Crippen LogP contribution is 2.58. The molecule has 0 aliphatic rings. The highest BCUT2D eigenvalue weighted by atomic mass is 79.9. The van der Waals surface area contributed by atoms with Gasteiger partial charge in [-0.3, -0.25) is 0 Å². The summed E-state index contributed by atoms with van der Waals surface area (Å²) in [6.45, 7) is 2.28. The number of allylic oxidation sites excluding steroid dienone is 1. The molecule has 0 amide bonds. The normalized spacial score (nSPS) is 11.4. The van der Waals surface area contributed by atoms with Gasteiger partial charge < -0.3 is 17.0 Å². The van der Waals surface area contributed by atoms with Crippen LogP contribution in [0.3, 0.4) is 0 Å². The fraction of sp³-hybridized carbons (Fsp3) is 0.257. The highest BCUT2D eigenvalue weighted by Gasteiger charge is 2.45. The van der Waals surface area contributed by atoms with Crippen LogP contribution in [0.2, 0.25) is 0 Å². The standard InChI is InChI=1S/C35H40P.BrH/c1-2-3-4-5-6-7-8-12-21-31-22-19-20-23-32(31)30-36(33-24-13-9-14-25-33,34-26-15-10-16-27-34)35-28-17-11-18-29-35;/h9-29H,2-8,30H2,1H3;1H/q+1;/p-1/b21-12-;. The SMILES string of the molecule is CCCCCCCC/C=C\c1ccccc1C[P+](c1ccccc1)(c1ccccc1)c1ccccc1.[Br-]. The second-order valence-electron chi connectivity index (χ2n) is 9.63. The van der Waals surface area contributed by atoms with Crippen LogP contribution in [0.4, 0.5) is 0 Å². The lowest BCUT2D eigenvalue weighted by Crippen LogP contribution is -3.00. The van der Waals surface area contributed by atoms with E-state index in [0.29, 0.717) is 0 Å². The summed E-state index contributed by atoms with van der Waals surface area (Å²) in [4.78, 5) is 0. The molecule has 192 valence electrons. The molecule has 0 bridgehead atoms. The first-order valence-corrected chi connectivity index (χ1v) is 15.6. The van der Waals surface area contributed by atoms with Crippen LogP contribution in [0, 0.1) is 0 Å². The molecule has 0 heterocycles. The Morgan fingerprint density at radius 1 is 0.541 bits per heavy atom. The summed E-state index contributed by atoms with van der Waals surface area (Å²) in [6.07, 6.45) is 15.0. The summed E-state index contributed by atoms with van der Waals surface area (Å²) in [6, 6.07) is 42.6. The molecule has 4 aromatic rings. The number of hydrogen-bond acceptors (Lipinski definition) is 0. The average molecular weight is 572 g/mol. The predicted octanol–water partition coefficient (Wildman–Crippen LogP) is 5.95. The van der Waals surface area contributed by atoms with E-state index >= 15 is 0 Å². The van der Waals surface area contributed by atoms with Crippen LogP contribution in [-0.4, -0.2) is 0 Å². The van der Waals surface area contributed by atoms with Gasteiger partial charge in [0.15, 0.2) is 0 Å². The van der Waals surface area contributed by atoms with E-state index in [1.54, 1.807) is 0 Å². The average Bonchev–Trinajstić information content (AvgIpc) is 2.95. The predicted molar refractivity (Wildman–Crippen MR) is 162 cm³/mol. The summed E-state index contributed by atoms with van der Waals surface area (Å²) >= 11 is 0. The summed E-state index contributed by atoms with van der Waals surface area (Å²) in [5, 5.41) is 4.31. The maximum atomic E-state index is 2.40. The molecule has 4 aromatic carbocycles. The summed E-state index contributed by atoms with van der Waals surface area (Å²) in [7, 11) is -1.90. The van der Waals surface area contributed by atoms with E-state index in [1.165, 1.54) is 65.6 Å². The molecule has 0 aliphatic heterocycles. The molecule has 0 aliphatic carbocycles. The van der Waals surface area contributed by atoms with Crippen molar-refractivity contribution in [3.63, 3.8) is 0 Å². The van der Waals surface area contributed by atoms with E-state index in [9.17, 15) is 0 Å². The van der Waals surface area contributed by atoms with Gasteiger partial charge in [-0.05, 0) is 60.4 Å². The lowest BCUT2D eigenvalue weighted by Gasteiger charge is -2.28. The molecular weight excluding hydrogens is 531 g/mol. The third kappa shape index (κ3) is 7.76. The van der Waals surface area contributed by atoms with Gasteiger partial charge in [-0.2, -0.15) is 0 Å². The van der Waals surface area contributed by atoms with E-state index in [1.807, 2.05) is 0 Å². The van der Waals surface area contributed by atoms with Gasteiger partial charge in [0.25, 0.3) is 0 Å². The zero-order valence-electron chi connectivity index (χ0n) is 22.1. The van der Waals surface area contributed by atoms with Gasteiger partial charge in [0.1, 0.15) is 23.2 Å². The van der Waals surface area contributed by atoms with Gasteiger partial charge in [0, 0.05) is 0 Å². The van der Waals surface area contributed by atoms with E-state index in [4.69, 9.17) is 0 Å². The third-order valence-electron chi connectivity index (χ3n) is 7.08. The van der Waals surface area contributed by atoms with Crippen molar-refractivity contribution in [2.24, 2.45) is 0 Å². The van der Waals surface area contributed by atoms with E-state index < -0.39 is 7.26 Å². The molecule has 2 heteroatoms. The largest absolute Gasteiger partial charge is 1.00 e. The van der Waals surface area contributed by atoms with Gasteiger partial charge in [-0.25, -0.2) is 0 Å². The van der Waals surface area contributed by atoms with Crippen LogP contribution < -0.4 is 32.9 Å². The van der Waals surface area contributed by atoms with Crippen molar-refractivity contribution in [3.05, 3.63) is 132 Å². The third-order valence-corrected chi connectivity index (χ3v) is 11.4. The fourth-order valence-electron chi connectivity index (χ4n) is 5.12. The Bertz CT molecular complexity index is 1090. The minimum absolute atomic E-state index is 0. The van der Waals surface area contributed by atoms with Crippen molar-refractivity contribution in [2.45, 2.75) is 58.0 Å². The summed E-state index contributed by atoms with van der Waals surface area (Å²) in [5.41, 5.74) is 2.79. The van der Waals surface area contributed by atoms with Crippen LogP contribution in [0.25, 0.3) is 6.08 Å². The van der Waals surface area contributed by atoms with Gasteiger partial charge in [-0.1, -0.05) is 130 Å². The number of benzene rings is 4. The molecule has 0 spiro atoms. The zero-order chi connectivity index (χ0) is 24.9.